The van der Waals surface area contributed by atoms with Crippen molar-refractivity contribution in [2.24, 2.45) is 0 Å². The molecule has 5 rings (SSSR count). The summed E-state index contributed by atoms with van der Waals surface area (Å²) >= 11 is 0. The molecule has 1 aliphatic carbocycles. The monoisotopic (exact) mass is 462 g/mol. The molecule has 182 valence electrons. The Balaban J connectivity index is 1.18. The molecule has 2 heterocycles. The smallest absolute Gasteiger partial charge is 0.251 e. The molecule has 1 saturated carbocycles. The van der Waals surface area contributed by atoms with E-state index in [2.05, 4.69) is 28.4 Å². The Bertz CT molecular complexity index is 989. The van der Waals surface area contributed by atoms with Gasteiger partial charge in [0.25, 0.3) is 5.91 Å². The van der Waals surface area contributed by atoms with Gasteiger partial charge in [-0.1, -0.05) is 24.6 Å². The molecule has 0 atom stereocenters. The van der Waals surface area contributed by atoms with Crippen LogP contribution in [-0.2, 0) is 11.2 Å². The number of fused-ring (bicyclic) bond motifs is 1. The van der Waals surface area contributed by atoms with Crippen LogP contribution in [0.3, 0.4) is 0 Å². The van der Waals surface area contributed by atoms with Gasteiger partial charge in [-0.05, 0) is 93.3 Å². The van der Waals surface area contributed by atoms with E-state index in [9.17, 15) is 4.79 Å². The van der Waals surface area contributed by atoms with Crippen molar-refractivity contribution < 1.29 is 14.3 Å². The molecule has 2 aromatic rings. The Hall–Kier alpha value is -2.37. The van der Waals surface area contributed by atoms with Crippen molar-refractivity contribution in [1.29, 1.82) is 0 Å². The van der Waals surface area contributed by atoms with E-state index in [-0.39, 0.29) is 17.6 Å². The van der Waals surface area contributed by atoms with Crippen molar-refractivity contribution >= 4 is 5.91 Å². The minimum atomic E-state index is -0.0635. The van der Waals surface area contributed by atoms with Crippen LogP contribution in [0.5, 0.6) is 5.75 Å². The molecule has 5 nitrogen and oxygen atoms in total. The van der Waals surface area contributed by atoms with Crippen molar-refractivity contribution in [2.45, 2.75) is 76.5 Å². The fourth-order valence-electron chi connectivity index (χ4n) is 5.48. The summed E-state index contributed by atoms with van der Waals surface area (Å²) < 4.78 is 12.1. The molecule has 34 heavy (non-hydrogen) atoms. The highest BCUT2D eigenvalue weighted by Crippen LogP contribution is 2.42. The second-order valence-electron chi connectivity index (χ2n) is 10.5. The Kier molecular flexibility index (Phi) is 6.94. The van der Waals surface area contributed by atoms with Crippen LogP contribution in [0, 0.1) is 0 Å². The number of benzene rings is 2. The van der Waals surface area contributed by atoms with Gasteiger partial charge in [-0.2, -0.15) is 0 Å². The first kappa shape index (κ1) is 23.4. The highest BCUT2D eigenvalue weighted by atomic mass is 16.5. The van der Waals surface area contributed by atoms with E-state index in [0.29, 0.717) is 18.7 Å². The molecule has 0 radical (unpaired) electrons. The molecule has 1 saturated heterocycles. The predicted octanol–water partition coefficient (Wildman–Crippen LogP) is 5.22. The van der Waals surface area contributed by atoms with E-state index in [4.69, 9.17) is 9.47 Å². The number of piperidine rings is 1. The summed E-state index contributed by atoms with van der Waals surface area (Å²) in [4.78, 5) is 15.1. The van der Waals surface area contributed by atoms with Crippen LogP contribution in [0.4, 0.5) is 0 Å². The van der Waals surface area contributed by atoms with Gasteiger partial charge in [0.2, 0.25) is 0 Å². The molecule has 2 fully saturated rings. The van der Waals surface area contributed by atoms with Crippen LogP contribution >= 0.6 is 0 Å². The summed E-state index contributed by atoms with van der Waals surface area (Å²) in [6, 6.07) is 15.3. The van der Waals surface area contributed by atoms with Crippen molar-refractivity contribution in [3.8, 4) is 16.9 Å². The zero-order valence-electron chi connectivity index (χ0n) is 20.6. The Morgan fingerprint density at radius 2 is 1.82 bits per heavy atom. The molecular weight excluding hydrogens is 424 g/mol. The van der Waals surface area contributed by atoms with Crippen molar-refractivity contribution in [3.05, 3.63) is 53.6 Å². The van der Waals surface area contributed by atoms with E-state index in [0.717, 1.165) is 43.0 Å². The number of likely N-dealkylation sites (tertiary alicyclic amines) is 1. The minimum absolute atomic E-state index is 0.0317. The number of carbonyl (C=O) groups excluding carboxylic acids is 1. The maximum Gasteiger partial charge on any atom is 0.251 e. The minimum Gasteiger partial charge on any atom is -0.487 e. The fraction of sp³-hybridized carbons (Fsp3) is 0.552. The first-order chi connectivity index (χ1) is 16.5. The normalized spacial score (nSPS) is 20.0. The van der Waals surface area contributed by atoms with E-state index in [1.54, 1.807) is 0 Å². The van der Waals surface area contributed by atoms with Crippen LogP contribution in [-0.4, -0.2) is 54.8 Å². The summed E-state index contributed by atoms with van der Waals surface area (Å²) in [6.45, 7) is 7.39. The van der Waals surface area contributed by atoms with Gasteiger partial charge in [-0.3, -0.25) is 4.79 Å². The number of nitrogens with one attached hydrogen (secondary N) is 1. The number of ether oxygens (including phenoxy) is 2. The van der Waals surface area contributed by atoms with E-state index < -0.39 is 0 Å². The van der Waals surface area contributed by atoms with Crippen LogP contribution < -0.4 is 10.1 Å². The maximum atomic E-state index is 12.4. The number of hydrogen-bond acceptors (Lipinski definition) is 4. The first-order valence-corrected chi connectivity index (χ1v) is 13.1. The predicted molar refractivity (Wildman–Crippen MR) is 135 cm³/mol. The number of nitrogens with zero attached hydrogens (tertiary/aromatic N) is 1. The highest BCUT2D eigenvalue weighted by Gasteiger charge is 2.41. The van der Waals surface area contributed by atoms with Gasteiger partial charge in [-0.25, -0.2) is 0 Å². The quantitative estimate of drug-likeness (QED) is 0.573. The summed E-state index contributed by atoms with van der Waals surface area (Å²) in [5.41, 5.74) is 4.30. The third-order valence-corrected chi connectivity index (χ3v) is 7.86. The molecule has 1 spiro atoms. The Morgan fingerprint density at radius 1 is 1.09 bits per heavy atom. The molecule has 0 unspecified atom stereocenters. The number of rotatable bonds is 7. The lowest BCUT2D eigenvalue weighted by atomic mass is 9.81. The first-order valence-electron chi connectivity index (χ1n) is 13.1. The van der Waals surface area contributed by atoms with Crippen molar-refractivity contribution in [2.75, 3.05) is 26.2 Å². The van der Waals surface area contributed by atoms with Crippen LogP contribution in [0.15, 0.2) is 42.5 Å². The molecule has 5 heteroatoms. The second-order valence-corrected chi connectivity index (χ2v) is 10.5. The third-order valence-electron chi connectivity index (χ3n) is 7.86. The summed E-state index contributed by atoms with van der Waals surface area (Å²) in [5.74, 6) is 0.998. The summed E-state index contributed by atoms with van der Waals surface area (Å²) in [5, 5.41) is 2.91. The topological polar surface area (TPSA) is 50.8 Å². The highest BCUT2D eigenvalue weighted by molar-refractivity contribution is 5.94. The molecule has 0 bridgehead atoms. The van der Waals surface area contributed by atoms with E-state index in [1.807, 2.05) is 38.1 Å². The van der Waals surface area contributed by atoms with E-state index >= 15 is 0 Å². The van der Waals surface area contributed by atoms with Gasteiger partial charge < -0.3 is 19.7 Å². The summed E-state index contributed by atoms with van der Waals surface area (Å²) in [7, 11) is 0. The third kappa shape index (κ3) is 5.16. The molecule has 3 aliphatic rings. The van der Waals surface area contributed by atoms with Gasteiger partial charge in [0.05, 0.1) is 12.7 Å². The van der Waals surface area contributed by atoms with Crippen LogP contribution in [0.2, 0.25) is 0 Å². The zero-order valence-corrected chi connectivity index (χ0v) is 20.6. The number of aryl methyl sites for hydroxylation is 1. The maximum absolute atomic E-state index is 12.4. The standard InChI is InChI=1S/C29H38N2O3/c1-21(2)33-19-16-30-28(32)23-8-6-22(7-9-23)24-10-11-27-25(20-24)12-13-29(34-27)14-17-31(18-15-29)26-4-3-5-26/h6-11,20-21,26H,3-5,12-19H2,1-2H3,(H,30,32). The second kappa shape index (κ2) is 10.1. The fourth-order valence-corrected chi connectivity index (χ4v) is 5.48. The molecule has 1 N–H and O–H groups in total. The van der Waals surface area contributed by atoms with Gasteiger partial charge in [0, 0.05) is 31.2 Å². The lowest BCUT2D eigenvalue weighted by Crippen LogP contribution is -2.53. The molecule has 2 aliphatic heterocycles. The average Bonchev–Trinajstić information content (AvgIpc) is 2.82. The molecule has 1 amide bonds. The number of hydrogen-bond donors (Lipinski definition) is 1. The average molecular weight is 463 g/mol. The zero-order chi connectivity index (χ0) is 23.5. The van der Waals surface area contributed by atoms with Gasteiger partial charge in [0.1, 0.15) is 11.4 Å². The van der Waals surface area contributed by atoms with Gasteiger partial charge >= 0.3 is 0 Å². The lowest BCUT2D eigenvalue weighted by Gasteiger charge is -2.48. The van der Waals surface area contributed by atoms with Gasteiger partial charge in [-0.15, -0.1) is 0 Å². The molecule has 2 aromatic carbocycles. The van der Waals surface area contributed by atoms with Crippen molar-refractivity contribution in [1.82, 2.24) is 10.2 Å². The Labute approximate surface area is 203 Å². The van der Waals surface area contributed by atoms with E-state index in [1.165, 1.54) is 43.5 Å². The van der Waals surface area contributed by atoms with Crippen molar-refractivity contribution in [3.63, 3.8) is 0 Å². The molecule has 0 aromatic heterocycles. The lowest BCUT2D eigenvalue weighted by molar-refractivity contribution is -0.0336. The number of amides is 1. The molecular formula is C29H38N2O3. The van der Waals surface area contributed by atoms with Crippen LogP contribution in [0.1, 0.15) is 68.3 Å². The Morgan fingerprint density at radius 3 is 2.50 bits per heavy atom. The van der Waals surface area contributed by atoms with Crippen LogP contribution in [0.25, 0.3) is 11.1 Å². The largest absolute Gasteiger partial charge is 0.487 e. The summed E-state index contributed by atoms with van der Waals surface area (Å²) in [6.07, 6.45) is 8.84. The SMILES string of the molecule is CC(C)OCCNC(=O)c1ccc(-c2ccc3c(c2)CCC2(CCN(C4CCC4)CC2)O3)cc1. The number of carbonyl (C=O) groups is 1. The van der Waals surface area contributed by atoms with Gasteiger partial charge in [0.15, 0.2) is 0 Å².